The van der Waals surface area contributed by atoms with Crippen molar-refractivity contribution in [2.24, 2.45) is 11.8 Å². The fourth-order valence-electron chi connectivity index (χ4n) is 5.21. The minimum atomic E-state index is -0.273. The number of rotatable bonds is 1. The Morgan fingerprint density at radius 3 is 3.07 bits per heavy atom. The summed E-state index contributed by atoms with van der Waals surface area (Å²) in [5, 5.41) is 1.99. The number of benzene rings is 1. The predicted molar refractivity (Wildman–Crippen MR) is 104 cm³/mol. The van der Waals surface area contributed by atoms with Crippen molar-refractivity contribution in [3.05, 3.63) is 46.3 Å². The number of nitrogens with one attached hydrogen (secondary N) is 1. The van der Waals surface area contributed by atoms with E-state index in [1.54, 1.807) is 6.26 Å². The van der Waals surface area contributed by atoms with Gasteiger partial charge >= 0.3 is 5.97 Å². The number of aromatic amines is 1. The molecule has 1 aromatic carbocycles. The Labute approximate surface area is 163 Å². The molecule has 0 radical (unpaired) electrons. The van der Waals surface area contributed by atoms with Gasteiger partial charge in [-0.2, -0.15) is 0 Å². The highest BCUT2D eigenvalue weighted by atomic mass is 35.5. The molecule has 4 heterocycles. The molecule has 0 bridgehead atoms. The molecule has 3 aliphatic rings. The topological polar surface area (TPSA) is 54.6 Å². The second kappa shape index (κ2) is 6.28. The summed E-state index contributed by atoms with van der Waals surface area (Å²) in [6.07, 6.45) is 3.64. The monoisotopic (exact) mass is 386 g/mol. The zero-order valence-electron chi connectivity index (χ0n) is 15.5. The van der Waals surface area contributed by atoms with Crippen molar-refractivity contribution in [2.75, 3.05) is 20.2 Å². The standard InChI is InChI=1S/C21H23ClN2O3/c1-11-16-9-24-6-5-13-15-7-12(22)3-4-18(15)23-20(13)19(24)8-14(16)17(10-27-11)21(25)26-2/h3-4,7,10-11,14,16,19,23H,5-6,8-9H2,1-2H3/t11-,14?,16+,19?/m0/s1. The van der Waals surface area contributed by atoms with Gasteiger partial charge in [-0.3, -0.25) is 4.90 Å². The number of hydrogen-bond acceptors (Lipinski definition) is 4. The first-order valence-corrected chi connectivity index (χ1v) is 9.92. The average Bonchev–Trinajstić information content (AvgIpc) is 3.05. The van der Waals surface area contributed by atoms with E-state index in [-0.39, 0.29) is 24.0 Å². The molecule has 6 heteroatoms. The molecule has 5 rings (SSSR count). The largest absolute Gasteiger partial charge is 0.497 e. The Hall–Kier alpha value is -1.98. The molecule has 1 aromatic heterocycles. The average molecular weight is 387 g/mol. The zero-order valence-corrected chi connectivity index (χ0v) is 16.3. The third-order valence-corrected chi connectivity index (χ3v) is 6.83. The predicted octanol–water partition coefficient (Wildman–Crippen LogP) is 3.83. The van der Waals surface area contributed by atoms with Gasteiger partial charge in [0.05, 0.1) is 31.1 Å². The molecule has 0 amide bonds. The van der Waals surface area contributed by atoms with Crippen LogP contribution in [0.1, 0.15) is 30.6 Å². The van der Waals surface area contributed by atoms with E-state index >= 15 is 0 Å². The molecule has 2 unspecified atom stereocenters. The van der Waals surface area contributed by atoms with Crippen molar-refractivity contribution in [2.45, 2.75) is 31.9 Å². The maximum Gasteiger partial charge on any atom is 0.337 e. The number of ether oxygens (including phenoxy) is 2. The Morgan fingerprint density at radius 1 is 1.41 bits per heavy atom. The minimum absolute atomic E-state index is 0.104. The summed E-state index contributed by atoms with van der Waals surface area (Å²) in [7, 11) is 1.44. The fourth-order valence-corrected chi connectivity index (χ4v) is 5.38. The van der Waals surface area contributed by atoms with Crippen LogP contribution in [0.25, 0.3) is 10.9 Å². The van der Waals surface area contributed by atoms with Crippen LogP contribution in [-0.4, -0.2) is 42.2 Å². The van der Waals surface area contributed by atoms with Crippen molar-refractivity contribution >= 4 is 28.5 Å². The van der Waals surface area contributed by atoms with Crippen molar-refractivity contribution in [3.8, 4) is 0 Å². The van der Waals surface area contributed by atoms with Crippen molar-refractivity contribution in [3.63, 3.8) is 0 Å². The number of fused-ring (bicyclic) bond motifs is 6. The van der Waals surface area contributed by atoms with Gasteiger partial charge in [0.15, 0.2) is 0 Å². The molecule has 0 spiro atoms. The maximum atomic E-state index is 12.3. The molecule has 0 saturated carbocycles. The van der Waals surface area contributed by atoms with Crippen LogP contribution in [0.2, 0.25) is 5.02 Å². The Bertz CT molecular complexity index is 950. The van der Waals surface area contributed by atoms with E-state index < -0.39 is 0 Å². The van der Waals surface area contributed by atoms with Crippen LogP contribution in [0.15, 0.2) is 30.0 Å². The lowest BCUT2D eigenvalue weighted by Gasteiger charge is -2.49. The first kappa shape index (κ1) is 17.1. The SMILES string of the molecule is COC(=O)C1=CO[C@@H](C)[C@H]2CN3CCc4c([nH]c5ccc(Cl)cc45)C3CC12. The van der Waals surface area contributed by atoms with Gasteiger partial charge in [0.25, 0.3) is 0 Å². The molecule has 1 N–H and O–H groups in total. The van der Waals surface area contributed by atoms with Crippen molar-refractivity contribution in [1.29, 1.82) is 0 Å². The lowest BCUT2D eigenvalue weighted by molar-refractivity contribution is -0.139. The molecule has 2 aromatic rings. The Morgan fingerprint density at radius 2 is 2.26 bits per heavy atom. The molecule has 1 saturated heterocycles. The number of carbonyl (C=O) groups is 1. The highest BCUT2D eigenvalue weighted by Gasteiger charge is 2.46. The summed E-state index contributed by atoms with van der Waals surface area (Å²) < 4.78 is 10.8. The summed E-state index contributed by atoms with van der Waals surface area (Å²) in [5.41, 5.74) is 4.46. The van der Waals surface area contributed by atoms with Crippen LogP contribution < -0.4 is 0 Å². The molecule has 3 aliphatic heterocycles. The number of H-pyrrole nitrogens is 1. The third kappa shape index (κ3) is 2.59. The Kier molecular flexibility index (Phi) is 3.99. The van der Waals surface area contributed by atoms with Crippen molar-refractivity contribution in [1.82, 2.24) is 9.88 Å². The number of hydrogen-bond donors (Lipinski definition) is 1. The quantitative estimate of drug-likeness (QED) is 0.757. The maximum absolute atomic E-state index is 12.3. The van der Waals surface area contributed by atoms with Crippen LogP contribution in [0, 0.1) is 11.8 Å². The normalized spacial score (nSPS) is 30.0. The number of halogens is 1. The first-order valence-electron chi connectivity index (χ1n) is 9.54. The molecule has 5 nitrogen and oxygen atoms in total. The molecule has 27 heavy (non-hydrogen) atoms. The number of piperidine rings is 1. The molecule has 1 fully saturated rings. The second-order valence-corrected chi connectivity index (χ2v) is 8.32. The molecule has 142 valence electrons. The van der Waals surface area contributed by atoms with Gasteiger partial charge in [-0.05, 0) is 43.5 Å². The fraction of sp³-hybridized carbons (Fsp3) is 0.476. The second-order valence-electron chi connectivity index (χ2n) is 7.88. The highest BCUT2D eigenvalue weighted by molar-refractivity contribution is 6.31. The number of carbonyl (C=O) groups excluding carboxylic acids is 1. The summed E-state index contributed by atoms with van der Waals surface area (Å²) in [4.78, 5) is 18.5. The molecular formula is C21H23ClN2O3. The minimum Gasteiger partial charge on any atom is -0.497 e. The smallest absolute Gasteiger partial charge is 0.337 e. The number of methoxy groups -OCH3 is 1. The van der Waals surface area contributed by atoms with Crippen LogP contribution in [0.5, 0.6) is 0 Å². The van der Waals surface area contributed by atoms with Crippen molar-refractivity contribution < 1.29 is 14.3 Å². The number of esters is 1. The number of aromatic nitrogens is 1. The van der Waals surface area contributed by atoms with Gasteiger partial charge in [0, 0.05) is 46.5 Å². The van der Waals surface area contributed by atoms with E-state index in [4.69, 9.17) is 21.1 Å². The van der Waals surface area contributed by atoms with Crippen LogP contribution >= 0.6 is 11.6 Å². The van der Waals surface area contributed by atoms with Crippen LogP contribution in [0.3, 0.4) is 0 Å². The van der Waals surface area contributed by atoms with Gasteiger partial charge in [0.2, 0.25) is 0 Å². The van der Waals surface area contributed by atoms with E-state index in [1.165, 1.54) is 23.8 Å². The van der Waals surface area contributed by atoms with E-state index in [0.29, 0.717) is 11.5 Å². The summed E-state index contributed by atoms with van der Waals surface area (Å²) in [6.45, 7) is 4.05. The van der Waals surface area contributed by atoms with Gasteiger partial charge < -0.3 is 14.5 Å². The molecular weight excluding hydrogens is 364 g/mol. The van der Waals surface area contributed by atoms with Gasteiger partial charge in [-0.25, -0.2) is 4.79 Å². The lowest BCUT2D eigenvalue weighted by atomic mass is 9.72. The lowest BCUT2D eigenvalue weighted by Crippen LogP contribution is -2.51. The highest BCUT2D eigenvalue weighted by Crippen LogP contribution is 2.47. The first-order chi connectivity index (χ1) is 13.1. The summed E-state index contributed by atoms with van der Waals surface area (Å²) in [5.74, 6) is 0.189. The molecule has 4 atom stereocenters. The van der Waals surface area contributed by atoms with E-state index in [9.17, 15) is 4.79 Å². The third-order valence-electron chi connectivity index (χ3n) is 6.60. The van der Waals surface area contributed by atoms with E-state index in [0.717, 1.165) is 36.5 Å². The van der Waals surface area contributed by atoms with Crippen LogP contribution in [0.4, 0.5) is 0 Å². The van der Waals surface area contributed by atoms with Gasteiger partial charge in [-0.15, -0.1) is 0 Å². The van der Waals surface area contributed by atoms with Crippen LogP contribution in [-0.2, 0) is 20.7 Å². The Balaban J connectivity index is 1.55. The number of nitrogens with zero attached hydrogens (tertiary/aromatic N) is 1. The van der Waals surface area contributed by atoms with Gasteiger partial charge in [-0.1, -0.05) is 11.6 Å². The van der Waals surface area contributed by atoms with Gasteiger partial charge in [0.1, 0.15) is 0 Å². The van der Waals surface area contributed by atoms with E-state index in [2.05, 4.69) is 28.9 Å². The molecule has 0 aliphatic carbocycles. The summed E-state index contributed by atoms with van der Waals surface area (Å²) >= 11 is 6.24. The summed E-state index contributed by atoms with van der Waals surface area (Å²) in [6, 6.07) is 6.32. The van der Waals surface area contributed by atoms with E-state index in [1.807, 2.05) is 6.07 Å². The zero-order chi connectivity index (χ0) is 18.7.